The first-order valence-electron chi connectivity index (χ1n) is 5.95. The van der Waals surface area contributed by atoms with E-state index >= 15 is 0 Å². The minimum atomic E-state index is 0.115. The van der Waals surface area contributed by atoms with E-state index in [2.05, 4.69) is 4.90 Å². The van der Waals surface area contributed by atoms with Crippen LogP contribution in [0.15, 0.2) is 0 Å². The number of carbonyl (C=O) groups excluding carboxylic acids is 1. The number of amides is 1. The third kappa shape index (κ3) is 2.01. The quantitative estimate of drug-likeness (QED) is 0.714. The average molecular weight is 211 g/mol. The van der Waals surface area contributed by atoms with Gasteiger partial charge in [0.25, 0.3) is 0 Å². The Kier molecular flexibility index (Phi) is 3.26. The number of hydrogen-bond acceptors (Lipinski definition) is 3. The monoisotopic (exact) mass is 211 g/mol. The van der Waals surface area contributed by atoms with Crippen molar-refractivity contribution in [2.24, 2.45) is 5.73 Å². The van der Waals surface area contributed by atoms with E-state index in [0.29, 0.717) is 12.6 Å². The minimum Gasteiger partial charge on any atom is -0.344 e. The lowest BCUT2D eigenvalue weighted by atomic mass is 9.90. The van der Waals surface area contributed by atoms with Crippen molar-refractivity contribution in [2.45, 2.75) is 37.8 Å². The molecule has 1 unspecified atom stereocenters. The fourth-order valence-electron chi connectivity index (χ4n) is 2.57. The first kappa shape index (κ1) is 10.9. The standard InChI is InChI=1S/C11H21N3O/c1-13-7-5-10(11(13)15)14(8-6-12)9-3-2-4-9/h9-10H,2-8,12H2,1H3. The van der Waals surface area contributed by atoms with E-state index < -0.39 is 0 Å². The number of rotatable bonds is 4. The highest BCUT2D eigenvalue weighted by Gasteiger charge is 2.38. The Morgan fingerprint density at radius 1 is 1.47 bits per heavy atom. The van der Waals surface area contributed by atoms with Gasteiger partial charge in [-0.2, -0.15) is 0 Å². The summed E-state index contributed by atoms with van der Waals surface area (Å²) in [5.41, 5.74) is 5.63. The highest BCUT2D eigenvalue weighted by atomic mass is 16.2. The third-order valence-electron chi connectivity index (χ3n) is 3.73. The van der Waals surface area contributed by atoms with Crippen molar-refractivity contribution in [3.63, 3.8) is 0 Å². The van der Waals surface area contributed by atoms with Crippen molar-refractivity contribution in [1.82, 2.24) is 9.80 Å². The molecule has 86 valence electrons. The molecular formula is C11H21N3O. The Balaban J connectivity index is 2.00. The van der Waals surface area contributed by atoms with Gasteiger partial charge in [-0.3, -0.25) is 9.69 Å². The SMILES string of the molecule is CN1CCC(N(CCN)C2CCC2)C1=O. The fraction of sp³-hybridized carbons (Fsp3) is 0.909. The predicted octanol–water partition coefficient (Wildman–Crippen LogP) is 0.0303. The van der Waals surface area contributed by atoms with E-state index in [1.807, 2.05) is 11.9 Å². The molecule has 0 aromatic heterocycles. The lowest BCUT2D eigenvalue weighted by Gasteiger charge is -2.40. The number of nitrogens with zero attached hydrogens (tertiary/aromatic N) is 2. The Morgan fingerprint density at radius 3 is 2.60 bits per heavy atom. The molecule has 2 rings (SSSR count). The van der Waals surface area contributed by atoms with Crippen LogP contribution in [-0.4, -0.2) is 54.5 Å². The maximum Gasteiger partial charge on any atom is 0.239 e. The third-order valence-corrected chi connectivity index (χ3v) is 3.73. The van der Waals surface area contributed by atoms with E-state index in [1.54, 1.807) is 0 Å². The molecule has 1 heterocycles. The highest BCUT2D eigenvalue weighted by molar-refractivity contribution is 5.83. The van der Waals surface area contributed by atoms with E-state index in [1.165, 1.54) is 19.3 Å². The van der Waals surface area contributed by atoms with Crippen LogP contribution < -0.4 is 5.73 Å². The van der Waals surface area contributed by atoms with Crippen LogP contribution in [0.4, 0.5) is 0 Å². The Hall–Kier alpha value is -0.610. The minimum absolute atomic E-state index is 0.115. The molecule has 15 heavy (non-hydrogen) atoms. The molecule has 4 heteroatoms. The summed E-state index contributed by atoms with van der Waals surface area (Å²) < 4.78 is 0. The van der Waals surface area contributed by atoms with Crippen molar-refractivity contribution < 1.29 is 4.79 Å². The van der Waals surface area contributed by atoms with Crippen molar-refractivity contribution in [2.75, 3.05) is 26.7 Å². The van der Waals surface area contributed by atoms with Crippen LogP contribution in [0, 0.1) is 0 Å². The van der Waals surface area contributed by atoms with Gasteiger partial charge in [-0.05, 0) is 19.3 Å². The summed E-state index contributed by atoms with van der Waals surface area (Å²) in [6, 6.07) is 0.734. The summed E-state index contributed by atoms with van der Waals surface area (Å²) >= 11 is 0. The summed E-state index contributed by atoms with van der Waals surface area (Å²) in [7, 11) is 1.89. The summed E-state index contributed by atoms with van der Waals surface area (Å²) in [4.78, 5) is 16.1. The molecule has 1 saturated carbocycles. The molecule has 2 fully saturated rings. The molecule has 1 amide bonds. The molecule has 0 spiro atoms. The van der Waals surface area contributed by atoms with E-state index in [9.17, 15) is 4.79 Å². The maximum atomic E-state index is 11.9. The number of carbonyl (C=O) groups is 1. The summed E-state index contributed by atoms with van der Waals surface area (Å²) in [5.74, 6) is 0.287. The van der Waals surface area contributed by atoms with Crippen LogP contribution in [0.25, 0.3) is 0 Å². The second-order valence-corrected chi connectivity index (χ2v) is 4.68. The highest BCUT2D eigenvalue weighted by Crippen LogP contribution is 2.29. The van der Waals surface area contributed by atoms with Crippen LogP contribution in [0.2, 0.25) is 0 Å². The molecule has 4 nitrogen and oxygen atoms in total. The van der Waals surface area contributed by atoms with Gasteiger partial charge in [-0.15, -0.1) is 0 Å². The second kappa shape index (κ2) is 4.49. The Morgan fingerprint density at radius 2 is 2.20 bits per heavy atom. The van der Waals surface area contributed by atoms with Gasteiger partial charge < -0.3 is 10.6 Å². The van der Waals surface area contributed by atoms with Crippen molar-refractivity contribution in [3.8, 4) is 0 Å². The lowest BCUT2D eigenvalue weighted by Crippen LogP contribution is -2.51. The average Bonchev–Trinajstić information content (AvgIpc) is 2.44. The predicted molar refractivity (Wildman–Crippen MR) is 59.4 cm³/mol. The first-order chi connectivity index (χ1) is 7.24. The van der Waals surface area contributed by atoms with Crippen LogP contribution >= 0.6 is 0 Å². The second-order valence-electron chi connectivity index (χ2n) is 4.68. The van der Waals surface area contributed by atoms with Gasteiger partial charge in [-0.1, -0.05) is 6.42 Å². The molecule has 0 aromatic carbocycles. The summed E-state index contributed by atoms with van der Waals surface area (Å²) in [6.45, 7) is 2.43. The maximum absolute atomic E-state index is 11.9. The smallest absolute Gasteiger partial charge is 0.239 e. The largest absolute Gasteiger partial charge is 0.344 e. The molecular weight excluding hydrogens is 190 g/mol. The van der Waals surface area contributed by atoms with Gasteiger partial charge in [0.05, 0.1) is 6.04 Å². The fourth-order valence-corrected chi connectivity index (χ4v) is 2.57. The zero-order valence-electron chi connectivity index (χ0n) is 9.48. The van der Waals surface area contributed by atoms with Crippen LogP contribution in [0.1, 0.15) is 25.7 Å². The Bertz CT molecular complexity index is 240. The van der Waals surface area contributed by atoms with Gasteiger partial charge >= 0.3 is 0 Å². The van der Waals surface area contributed by atoms with E-state index in [4.69, 9.17) is 5.73 Å². The molecule has 1 atom stereocenters. The molecule has 0 aromatic rings. The number of hydrogen-bond donors (Lipinski definition) is 1. The molecule has 2 aliphatic rings. The Labute approximate surface area is 91.4 Å². The van der Waals surface area contributed by atoms with Gasteiger partial charge in [0, 0.05) is 32.7 Å². The molecule has 1 aliphatic carbocycles. The number of nitrogens with two attached hydrogens (primary N) is 1. The molecule has 1 saturated heterocycles. The lowest BCUT2D eigenvalue weighted by molar-refractivity contribution is -0.132. The summed E-state index contributed by atoms with van der Waals surface area (Å²) in [5, 5.41) is 0. The van der Waals surface area contributed by atoms with Crippen molar-refractivity contribution >= 4 is 5.91 Å². The topological polar surface area (TPSA) is 49.6 Å². The van der Waals surface area contributed by atoms with Crippen molar-refractivity contribution in [1.29, 1.82) is 0 Å². The normalized spacial score (nSPS) is 27.5. The van der Waals surface area contributed by atoms with Crippen LogP contribution in [0.5, 0.6) is 0 Å². The zero-order valence-corrected chi connectivity index (χ0v) is 9.48. The molecule has 0 radical (unpaired) electrons. The van der Waals surface area contributed by atoms with Gasteiger partial charge in [0.2, 0.25) is 5.91 Å². The van der Waals surface area contributed by atoms with E-state index in [0.717, 1.165) is 19.5 Å². The van der Waals surface area contributed by atoms with Gasteiger partial charge in [-0.25, -0.2) is 0 Å². The molecule has 2 N–H and O–H groups in total. The van der Waals surface area contributed by atoms with Crippen LogP contribution in [0.3, 0.4) is 0 Å². The van der Waals surface area contributed by atoms with E-state index in [-0.39, 0.29) is 11.9 Å². The number of likely N-dealkylation sites (tertiary alicyclic amines) is 1. The van der Waals surface area contributed by atoms with Crippen LogP contribution in [-0.2, 0) is 4.79 Å². The van der Waals surface area contributed by atoms with Crippen molar-refractivity contribution in [3.05, 3.63) is 0 Å². The first-order valence-corrected chi connectivity index (χ1v) is 5.95. The summed E-state index contributed by atoms with van der Waals surface area (Å²) in [6.07, 6.45) is 4.77. The molecule has 0 bridgehead atoms. The van der Waals surface area contributed by atoms with Gasteiger partial charge in [0.15, 0.2) is 0 Å². The number of likely N-dealkylation sites (N-methyl/N-ethyl adjacent to an activating group) is 1. The molecule has 1 aliphatic heterocycles. The van der Waals surface area contributed by atoms with Gasteiger partial charge in [0.1, 0.15) is 0 Å². The zero-order chi connectivity index (χ0) is 10.8.